The molecule has 7 heteroatoms. The molecule has 0 saturated carbocycles. The third-order valence-electron chi connectivity index (χ3n) is 2.48. The fourth-order valence-electron chi connectivity index (χ4n) is 1.54. The second-order valence-electron chi connectivity index (χ2n) is 3.69. The highest BCUT2D eigenvalue weighted by Gasteiger charge is 2.34. The minimum atomic E-state index is -0.634. The topological polar surface area (TPSA) is 66.5 Å². The van der Waals surface area contributed by atoms with Gasteiger partial charge >= 0.3 is 0 Å². The summed E-state index contributed by atoms with van der Waals surface area (Å²) in [7, 11) is 0. The molecule has 1 fully saturated rings. The van der Waals surface area contributed by atoms with Gasteiger partial charge in [0.2, 0.25) is 11.8 Å². The van der Waals surface area contributed by atoms with E-state index in [4.69, 9.17) is 0 Å². The van der Waals surface area contributed by atoms with Crippen molar-refractivity contribution >= 4 is 41.7 Å². The van der Waals surface area contributed by atoms with Gasteiger partial charge in [-0.15, -0.1) is 24.0 Å². The quantitative estimate of drug-likeness (QED) is 0.577. The molecule has 0 aromatic carbocycles. The lowest BCUT2D eigenvalue weighted by atomic mass is 10.2. The number of nitrogens with one attached hydrogen (secondary N) is 1. The highest BCUT2D eigenvalue weighted by Crippen LogP contribution is 2.21. The van der Waals surface area contributed by atoms with E-state index in [9.17, 15) is 14.4 Å². The molecule has 2 heterocycles. The Morgan fingerprint density at radius 3 is 2.88 bits per heavy atom. The molecule has 5 nitrogen and oxygen atoms in total. The summed E-state index contributed by atoms with van der Waals surface area (Å²) < 4.78 is 0. The zero-order chi connectivity index (χ0) is 12.6. The van der Waals surface area contributed by atoms with Gasteiger partial charge in [0.1, 0.15) is 12.6 Å². The van der Waals surface area contributed by atoms with Gasteiger partial charge in [-0.2, -0.15) is 0 Å². The molecule has 3 amide bonds. The maximum absolute atomic E-state index is 12.1. The summed E-state index contributed by atoms with van der Waals surface area (Å²) in [4.78, 5) is 37.2. The van der Waals surface area contributed by atoms with Crippen LogP contribution in [0.15, 0.2) is 16.3 Å². The average Bonchev–Trinajstić information content (AvgIpc) is 2.69. The summed E-state index contributed by atoms with van der Waals surface area (Å²) in [6.07, 6.45) is 0. The van der Waals surface area contributed by atoms with E-state index in [1.807, 2.05) is 0 Å². The summed E-state index contributed by atoms with van der Waals surface area (Å²) in [5.41, 5.74) is 0. The maximum Gasteiger partial charge on any atom is 0.265 e. The zero-order valence-corrected chi connectivity index (χ0v) is 10.7. The summed E-state index contributed by atoms with van der Waals surface area (Å²) in [5, 5.41) is 3.92. The van der Waals surface area contributed by atoms with Crippen molar-refractivity contribution in [3.05, 3.63) is 16.3 Å². The predicted octanol–water partition coefficient (Wildman–Crippen LogP) is 0.524. The van der Waals surface area contributed by atoms with Gasteiger partial charge in [0, 0.05) is 10.3 Å². The normalized spacial score (nSPS) is 20.4. The number of hydrogen-bond donors (Lipinski definition) is 2. The Morgan fingerprint density at radius 1 is 1.59 bits per heavy atom. The number of thiophene rings is 1. The molecule has 1 aromatic rings. The predicted molar refractivity (Wildman–Crippen MR) is 65.2 cm³/mol. The van der Waals surface area contributed by atoms with Gasteiger partial charge in [-0.3, -0.25) is 19.7 Å². The van der Waals surface area contributed by atoms with E-state index in [1.165, 1.54) is 16.2 Å². The molecule has 1 aliphatic rings. The van der Waals surface area contributed by atoms with E-state index < -0.39 is 17.9 Å². The second kappa shape index (κ2) is 4.50. The molecule has 0 spiro atoms. The Hall–Kier alpha value is -1.34. The van der Waals surface area contributed by atoms with Crippen LogP contribution in [0.25, 0.3) is 0 Å². The number of imide groups is 1. The smallest absolute Gasteiger partial charge is 0.265 e. The number of carbonyl (C=O) groups excluding carboxylic acids is 3. The van der Waals surface area contributed by atoms with Crippen LogP contribution in [-0.4, -0.2) is 35.2 Å². The summed E-state index contributed by atoms with van der Waals surface area (Å²) in [6, 6.07) is 0.991. The summed E-state index contributed by atoms with van der Waals surface area (Å²) in [5.74, 6) is -1.22. The first-order valence-corrected chi connectivity index (χ1v) is 6.24. The largest absolute Gasteiger partial charge is 0.317 e. The molecular formula is C10H10N2O3S2. The van der Waals surface area contributed by atoms with Gasteiger partial charge in [-0.05, 0) is 13.0 Å². The van der Waals surface area contributed by atoms with Crippen molar-refractivity contribution in [3.63, 3.8) is 0 Å². The van der Waals surface area contributed by atoms with E-state index >= 15 is 0 Å². The van der Waals surface area contributed by atoms with E-state index in [2.05, 4.69) is 17.9 Å². The van der Waals surface area contributed by atoms with Crippen LogP contribution in [-0.2, 0) is 9.59 Å². The number of amides is 3. The number of thiol groups is 1. The van der Waals surface area contributed by atoms with Crippen LogP contribution in [0.3, 0.4) is 0 Å². The number of hydrogen-bond acceptors (Lipinski definition) is 5. The van der Waals surface area contributed by atoms with E-state index in [0.717, 1.165) is 0 Å². The number of nitrogens with zero attached hydrogens (tertiary/aromatic N) is 1. The lowest BCUT2D eigenvalue weighted by Crippen LogP contribution is -2.58. The first-order valence-electron chi connectivity index (χ1n) is 4.91. The van der Waals surface area contributed by atoms with Crippen molar-refractivity contribution in [2.45, 2.75) is 17.9 Å². The monoisotopic (exact) mass is 270 g/mol. The fourth-order valence-corrected chi connectivity index (χ4v) is 2.65. The summed E-state index contributed by atoms with van der Waals surface area (Å²) in [6.45, 7) is 1.50. The van der Waals surface area contributed by atoms with Gasteiger partial charge in [0.15, 0.2) is 0 Å². The van der Waals surface area contributed by atoms with Crippen LogP contribution < -0.4 is 5.32 Å². The van der Waals surface area contributed by atoms with Crippen molar-refractivity contribution < 1.29 is 14.4 Å². The minimum absolute atomic E-state index is 0.0917. The molecule has 1 saturated heterocycles. The minimum Gasteiger partial charge on any atom is -0.317 e. The van der Waals surface area contributed by atoms with Gasteiger partial charge in [0.25, 0.3) is 5.91 Å². The molecule has 2 rings (SSSR count). The van der Waals surface area contributed by atoms with Gasteiger partial charge in [0.05, 0.1) is 4.88 Å². The Balaban J connectivity index is 2.24. The van der Waals surface area contributed by atoms with Crippen LogP contribution in [0.4, 0.5) is 0 Å². The molecule has 17 heavy (non-hydrogen) atoms. The Kier molecular flexibility index (Phi) is 3.21. The molecule has 90 valence electrons. The first-order chi connectivity index (χ1) is 7.99. The van der Waals surface area contributed by atoms with Gasteiger partial charge < -0.3 is 4.90 Å². The zero-order valence-electron chi connectivity index (χ0n) is 8.97. The lowest BCUT2D eigenvalue weighted by molar-refractivity contribution is -0.138. The van der Waals surface area contributed by atoms with Crippen molar-refractivity contribution in [3.8, 4) is 0 Å². The van der Waals surface area contributed by atoms with Crippen molar-refractivity contribution in [1.82, 2.24) is 10.2 Å². The van der Waals surface area contributed by atoms with Gasteiger partial charge in [-0.1, -0.05) is 0 Å². The third kappa shape index (κ3) is 2.34. The number of rotatable bonds is 1. The number of piperazine rings is 1. The molecule has 1 unspecified atom stereocenters. The lowest BCUT2D eigenvalue weighted by Gasteiger charge is -2.31. The molecule has 1 aliphatic heterocycles. The Labute approximate surface area is 107 Å². The van der Waals surface area contributed by atoms with Gasteiger partial charge in [-0.25, -0.2) is 0 Å². The molecular weight excluding hydrogens is 260 g/mol. The van der Waals surface area contributed by atoms with Crippen LogP contribution in [0.1, 0.15) is 16.6 Å². The molecule has 0 aliphatic carbocycles. The third-order valence-corrected chi connectivity index (χ3v) is 3.83. The Morgan fingerprint density at radius 2 is 2.29 bits per heavy atom. The first kappa shape index (κ1) is 12.1. The fraction of sp³-hybridized carbons (Fsp3) is 0.300. The summed E-state index contributed by atoms with van der Waals surface area (Å²) >= 11 is 5.36. The highest BCUT2D eigenvalue weighted by molar-refractivity contribution is 7.80. The number of carbonyl (C=O) groups is 3. The molecule has 0 bridgehead atoms. The maximum atomic E-state index is 12.1. The van der Waals surface area contributed by atoms with Crippen LogP contribution >= 0.6 is 24.0 Å². The molecule has 0 radical (unpaired) electrons. The molecule has 1 N–H and O–H groups in total. The van der Waals surface area contributed by atoms with E-state index in [1.54, 1.807) is 18.4 Å². The highest BCUT2D eigenvalue weighted by atomic mass is 32.1. The van der Waals surface area contributed by atoms with E-state index in [-0.39, 0.29) is 12.5 Å². The molecule has 1 aromatic heterocycles. The molecule has 1 atom stereocenters. The van der Waals surface area contributed by atoms with Crippen molar-refractivity contribution in [2.24, 2.45) is 0 Å². The van der Waals surface area contributed by atoms with Crippen molar-refractivity contribution in [1.29, 1.82) is 0 Å². The standard InChI is InChI=1S/C10H10N2O3S2/c1-5-9(14)11-8(13)3-12(5)10(15)7-2-6(16)4-17-7/h2,4-5,16H,3H2,1H3,(H,11,13,14). The Bertz CT molecular complexity index is 497. The van der Waals surface area contributed by atoms with Crippen LogP contribution in [0, 0.1) is 0 Å². The SMILES string of the molecule is CC1C(=O)NC(=O)CN1C(=O)c1cc(S)cs1. The van der Waals surface area contributed by atoms with Crippen molar-refractivity contribution in [2.75, 3.05) is 6.54 Å². The average molecular weight is 270 g/mol. The van der Waals surface area contributed by atoms with Crippen LogP contribution in [0.5, 0.6) is 0 Å². The van der Waals surface area contributed by atoms with Crippen LogP contribution in [0.2, 0.25) is 0 Å². The second-order valence-corrected chi connectivity index (χ2v) is 5.12. The van der Waals surface area contributed by atoms with E-state index in [0.29, 0.717) is 9.77 Å².